The molecule has 0 aliphatic rings. The summed E-state index contributed by atoms with van der Waals surface area (Å²) in [5.41, 5.74) is 0. The van der Waals surface area contributed by atoms with Crippen molar-refractivity contribution in [2.24, 2.45) is 0 Å². The zero-order valence-electron chi connectivity index (χ0n) is 6.13. The molecule has 0 heterocycles. The van der Waals surface area contributed by atoms with Gasteiger partial charge in [0.15, 0.2) is 0 Å². The van der Waals surface area contributed by atoms with Crippen LogP contribution in [0.1, 0.15) is 13.3 Å². The molecule has 0 N–H and O–H groups in total. The second kappa shape index (κ2) is 6.29. The summed E-state index contributed by atoms with van der Waals surface area (Å²) in [6.07, 6.45) is 2.00. The van der Waals surface area contributed by atoms with Crippen LogP contribution in [0.5, 0.6) is 0 Å². The van der Waals surface area contributed by atoms with E-state index in [1.807, 2.05) is 6.92 Å². The highest BCUT2D eigenvalue weighted by Crippen LogP contribution is 1.83. The first kappa shape index (κ1) is 9.17. The van der Waals surface area contributed by atoms with Crippen LogP contribution in [-0.4, -0.2) is 19.2 Å². The predicted molar refractivity (Wildman–Crippen MR) is 37.4 cm³/mol. The van der Waals surface area contributed by atoms with E-state index in [4.69, 9.17) is 4.74 Å². The van der Waals surface area contributed by atoms with Gasteiger partial charge in [0.05, 0.1) is 6.26 Å². The average molecular weight is 144 g/mol. The van der Waals surface area contributed by atoms with Crippen molar-refractivity contribution >= 4 is 5.97 Å². The topological polar surface area (TPSA) is 35.5 Å². The van der Waals surface area contributed by atoms with Crippen molar-refractivity contribution in [3.8, 4) is 0 Å². The van der Waals surface area contributed by atoms with Gasteiger partial charge in [0.1, 0.15) is 6.61 Å². The van der Waals surface area contributed by atoms with Crippen molar-refractivity contribution in [3.63, 3.8) is 0 Å². The van der Waals surface area contributed by atoms with Crippen LogP contribution in [0, 0.1) is 0 Å². The third kappa shape index (κ3) is 5.31. The number of ether oxygens (including phenoxy) is 2. The van der Waals surface area contributed by atoms with E-state index in [1.54, 1.807) is 0 Å². The van der Waals surface area contributed by atoms with Crippen LogP contribution in [-0.2, 0) is 14.3 Å². The number of esters is 1. The lowest BCUT2D eigenvalue weighted by atomic mass is 10.5. The van der Waals surface area contributed by atoms with Crippen LogP contribution in [0.15, 0.2) is 12.8 Å². The molecule has 0 aromatic carbocycles. The molecule has 58 valence electrons. The highest BCUT2D eigenvalue weighted by atomic mass is 16.6. The van der Waals surface area contributed by atoms with Gasteiger partial charge < -0.3 is 9.47 Å². The normalized spacial score (nSPS) is 8.90. The van der Waals surface area contributed by atoms with Crippen LogP contribution in [0.25, 0.3) is 0 Å². The Morgan fingerprint density at radius 2 is 2.40 bits per heavy atom. The molecule has 0 aromatic heterocycles. The molecule has 3 nitrogen and oxygen atoms in total. The standard InChI is InChI=1S/C7H12O3/c1-3-5-9-6-7(8)10-4-2/h4H,2-3,5-6H2,1H3. The first-order chi connectivity index (χ1) is 4.81. The monoisotopic (exact) mass is 144 g/mol. The first-order valence-electron chi connectivity index (χ1n) is 3.19. The predicted octanol–water partition coefficient (Wildman–Crippen LogP) is 1.10. The van der Waals surface area contributed by atoms with Crippen molar-refractivity contribution < 1.29 is 14.3 Å². The summed E-state index contributed by atoms with van der Waals surface area (Å²) in [5.74, 6) is -0.400. The Morgan fingerprint density at radius 3 is 2.90 bits per heavy atom. The second-order valence-corrected chi connectivity index (χ2v) is 1.71. The van der Waals surface area contributed by atoms with Gasteiger partial charge in [-0.3, -0.25) is 0 Å². The molecule has 0 saturated heterocycles. The number of carbonyl (C=O) groups is 1. The lowest BCUT2D eigenvalue weighted by Gasteiger charge is -1.98. The van der Waals surface area contributed by atoms with E-state index in [9.17, 15) is 4.79 Å². The zero-order valence-corrected chi connectivity index (χ0v) is 6.13. The van der Waals surface area contributed by atoms with Crippen molar-refractivity contribution in [2.45, 2.75) is 13.3 Å². The summed E-state index contributed by atoms with van der Waals surface area (Å²) < 4.78 is 9.26. The minimum Gasteiger partial charge on any atom is -0.433 e. The number of rotatable bonds is 5. The van der Waals surface area contributed by atoms with E-state index in [0.29, 0.717) is 6.61 Å². The highest BCUT2D eigenvalue weighted by Gasteiger charge is 1.97. The molecule has 0 fully saturated rings. The Kier molecular flexibility index (Phi) is 5.77. The van der Waals surface area contributed by atoms with E-state index < -0.39 is 5.97 Å². The summed E-state index contributed by atoms with van der Waals surface area (Å²) in [7, 11) is 0. The number of hydrogen-bond donors (Lipinski definition) is 0. The maximum absolute atomic E-state index is 10.5. The molecule has 0 atom stereocenters. The minimum absolute atomic E-state index is 0.0137. The summed E-state index contributed by atoms with van der Waals surface area (Å²) in [5, 5.41) is 0. The fourth-order valence-corrected chi connectivity index (χ4v) is 0.427. The Hall–Kier alpha value is -0.830. The molecule has 0 spiro atoms. The second-order valence-electron chi connectivity index (χ2n) is 1.71. The van der Waals surface area contributed by atoms with Crippen LogP contribution >= 0.6 is 0 Å². The van der Waals surface area contributed by atoms with Gasteiger partial charge >= 0.3 is 5.97 Å². The molecule has 0 aromatic rings. The molecular weight excluding hydrogens is 132 g/mol. The van der Waals surface area contributed by atoms with Gasteiger partial charge in [-0.25, -0.2) is 4.79 Å². The van der Waals surface area contributed by atoms with E-state index in [-0.39, 0.29) is 6.61 Å². The minimum atomic E-state index is -0.400. The molecule has 0 radical (unpaired) electrons. The van der Waals surface area contributed by atoms with E-state index in [2.05, 4.69) is 11.3 Å². The van der Waals surface area contributed by atoms with Crippen LogP contribution in [0.3, 0.4) is 0 Å². The van der Waals surface area contributed by atoms with Crippen LogP contribution in [0.4, 0.5) is 0 Å². The molecule has 0 bridgehead atoms. The Labute approximate surface area is 60.6 Å². The fraction of sp³-hybridized carbons (Fsp3) is 0.571. The molecule has 0 aliphatic carbocycles. The molecule has 10 heavy (non-hydrogen) atoms. The maximum atomic E-state index is 10.5. The Bertz CT molecular complexity index is 109. The Balaban J connectivity index is 3.13. The largest absolute Gasteiger partial charge is 0.433 e. The van der Waals surface area contributed by atoms with E-state index in [0.717, 1.165) is 12.7 Å². The maximum Gasteiger partial charge on any atom is 0.336 e. The molecule has 0 amide bonds. The van der Waals surface area contributed by atoms with E-state index in [1.165, 1.54) is 0 Å². The smallest absolute Gasteiger partial charge is 0.336 e. The van der Waals surface area contributed by atoms with Crippen molar-refractivity contribution in [3.05, 3.63) is 12.8 Å². The van der Waals surface area contributed by atoms with Crippen LogP contribution in [0.2, 0.25) is 0 Å². The molecule has 0 saturated carbocycles. The molecular formula is C7H12O3. The third-order valence-electron chi connectivity index (χ3n) is 0.783. The van der Waals surface area contributed by atoms with Crippen molar-refractivity contribution in [2.75, 3.05) is 13.2 Å². The van der Waals surface area contributed by atoms with Gasteiger partial charge in [-0.2, -0.15) is 0 Å². The van der Waals surface area contributed by atoms with Gasteiger partial charge in [0.2, 0.25) is 0 Å². The quantitative estimate of drug-likeness (QED) is 0.329. The Morgan fingerprint density at radius 1 is 1.70 bits per heavy atom. The molecule has 0 unspecified atom stereocenters. The highest BCUT2D eigenvalue weighted by molar-refractivity contribution is 5.71. The van der Waals surface area contributed by atoms with Gasteiger partial charge in [-0.15, -0.1) is 0 Å². The van der Waals surface area contributed by atoms with Crippen molar-refractivity contribution in [1.29, 1.82) is 0 Å². The lowest BCUT2D eigenvalue weighted by Crippen LogP contribution is -2.09. The van der Waals surface area contributed by atoms with Gasteiger partial charge in [0, 0.05) is 6.61 Å². The lowest BCUT2D eigenvalue weighted by molar-refractivity contribution is -0.143. The fourth-order valence-electron chi connectivity index (χ4n) is 0.427. The van der Waals surface area contributed by atoms with Gasteiger partial charge in [-0.1, -0.05) is 13.5 Å². The first-order valence-corrected chi connectivity index (χ1v) is 3.19. The molecule has 0 rings (SSSR count). The van der Waals surface area contributed by atoms with E-state index >= 15 is 0 Å². The molecule has 0 aliphatic heterocycles. The summed E-state index contributed by atoms with van der Waals surface area (Å²) in [6.45, 7) is 5.80. The average Bonchev–Trinajstić information content (AvgIpc) is 1.89. The van der Waals surface area contributed by atoms with Gasteiger partial charge in [0.25, 0.3) is 0 Å². The van der Waals surface area contributed by atoms with Gasteiger partial charge in [-0.05, 0) is 6.42 Å². The summed E-state index contributed by atoms with van der Waals surface area (Å²) in [4.78, 5) is 10.5. The van der Waals surface area contributed by atoms with Crippen LogP contribution < -0.4 is 0 Å². The zero-order chi connectivity index (χ0) is 7.82. The SMILES string of the molecule is C=COC(=O)COCCC. The third-order valence-corrected chi connectivity index (χ3v) is 0.783. The molecule has 3 heteroatoms. The number of hydrogen-bond acceptors (Lipinski definition) is 3. The van der Waals surface area contributed by atoms with Crippen molar-refractivity contribution in [1.82, 2.24) is 0 Å². The summed E-state index contributed by atoms with van der Waals surface area (Å²) in [6, 6.07) is 0. The number of carbonyl (C=O) groups excluding carboxylic acids is 1. The summed E-state index contributed by atoms with van der Waals surface area (Å²) >= 11 is 0.